The van der Waals surface area contributed by atoms with Gasteiger partial charge in [0.25, 0.3) is 0 Å². The van der Waals surface area contributed by atoms with Crippen LogP contribution in [0, 0.1) is 6.92 Å². The molecule has 3 nitrogen and oxygen atoms in total. The first-order valence-corrected chi connectivity index (χ1v) is 5.25. The third kappa shape index (κ3) is 3.85. The summed E-state index contributed by atoms with van der Waals surface area (Å²) in [6, 6.07) is 5.94. The van der Waals surface area contributed by atoms with Gasteiger partial charge < -0.3 is 9.53 Å². The molecule has 0 aliphatic rings. The third-order valence-corrected chi connectivity index (χ3v) is 2.32. The molecule has 1 aromatic carbocycles. The predicted molar refractivity (Wildman–Crippen MR) is 61.3 cm³/mol. The Morgan fingerprint density at radius 2 is 2.00 bits per heavy atom. The Labute approximate surface area is 95.4 Å². The second kappa shape index (κ2) is 6.05. The monoisotopic (exact) mass is 220 g/mol. The molecule has 0 aliphatic carbocycles. The van der Waals surface area contributed by atoms with Gasteiger partial charge in [0.1, 0.15) is 6.29 Å². The van der Waals surface area contributed by atoms with Gasteiger partial charge in [-0.15, -0.1) is 0 Å². The fraction of sp³-hybridized carbons (Fsp3) is 0.385. The number of ether oxygens (including phenoxy) is 1. The third-order valence-electron chi connectivity index (χ3n) is 2.32. The zero-order chi connectivity index (χ0) is 12.0. The molecular formula is C13H16O3. The lowest BCUT2D eigenvalue weighted by Gasteiger charge is -2.05. The molecule has 0 saturated carbocycles. The molecule has 0 aromatic heterocycles. The van der Waals surface area contributed by atoms with Gasteiger partial charge in [0.05, 0.1) is 13.5 Å². The summed E-state index contributed by atoms with van der Waals surface area (Å²) in [6.07, 6.45) is 2.43. The molecule has 0 amide bonds. The number of hydrogen-bond donors (Lipinski definition) is 0. The van der Waals surface area contributed by atoms with Gasteiger partial charge in [0.15, 0.2) is 0 Å². The number of carbonyl (C=O) groups is 2. The molecule has 0 heterocycles. The smallest absolute Gasteiger partial charge is 0.309 e. The lowest BCUT2D eigenvalue weighted by Crippen LogP contribution is -2.05. The molecule has 1 aromatic rings. The fourth-order valence-electron chi connectivity index (χ4n) is 1.66. The number of methoxy groups -OCH3 is 1. The topological polar surface area (TPSA) is 43.4 Å². The average molecular weight is 220 g/mol. The van der Waals surface area contributed by atoms with E-state index in [2.05, 4.69) is 4.74 Å². The summed E-state index contributed by atoms with van der Waals surface area (Å²) >= 11 is 0. The molecular weight excluding hydrogens is 204 g/mol. The molecule has 86 valence electrons. The molecule has 0 atom stereocenters. The van der Waals surface area contributed by atoms with E-state index in [1.54, 1.807) is 0 Å². The van der Waals surface area contributed by atoms with E-state index in [0.29, 0.717) is 6.42 Å². The van der Waals surface area contributed by atoms with Gasteiger partial charge >= 0.3 is 5.97 Å². The number of carbonyl (C=O) groups excluding carboxylic acids is 2. The van der Waals surface area contributed by atoms with Gasteiger partial charge in [-0.05, 0) is 24.5 Å². The van der Waals surface area contributed by atoms with E-state index in [-0.39, 0.29) is 12.4 Å². The highest BCUT2D eigenvalue weighted by Gasteiger charge is 2.04. The van der Waals surface area contributed by atoms with Gasteiger partial charge in [-0.3, -0.25) is 4.79 Å². The number of aryl methyl sites for hydroxylation is 2. The van der Waals surface area contributed by atoms with Crippen LogP contribution in [0.1, 0.15) is 23.1 Å². The highest BCUT2D eigenvalue weighted by atomic mass is 16.5. The van der Waals surface area contributed by atoms with E-state index in [0.717, 1.165) is 29.4 Å². The standard InChI is InChI=1S/C13H16O3/c1-10-6-11(4-3-5-14)8-12(7-10)9-13(15)16-2/h5-8H,3-4,9H2,1-2H3. The fourth-order valence-corrected chi connectivity index (χ4v) is 1.66. The molecule has 1 rings (SSSR count). The summed E-state index contributed by atoms with van der Waals surface area (Å²) in [5.74, 6) is -0.244. The van der Waals surface area contributed by atoms with Crippen LogP contribution in [0.3, 0.4) is 0 Å². The first kappa shape index (κ1) is 12.4. The summed E-state index contributed by atoms with van der Waals surface area (Å²) < 4.78 is 4.62. The predicted octanol–water partition coefficient (Wildman–Crippen LogP) is 1.84. The molecule has 0 aliphatic heterocycles. The molecule has 0 fully saturated rings. The van der Waals surface area contributed by atoms with Crippen LogP contribution in [0.2, 0.25) is 0 Å². The van der Waals surface area contributed by atoms with Crippen molar-refractivity contribution < 1.29 is 14.3 Å². The van der Waals surface area contributed by atoms with Crippen LogP contribution in [0.5, 0.6) is 0 Å². The van der Waals surface area contributed by atoms with E-state index in [4.69, 9.17) is 0 Å². The van der Waals surface area contributed by atoms with Crippen LogP contribution in [-0.2, 0) is 27.2 Å². The normalized spacial score (nSPS) is 9.88. The first-order chi connectivity index (χ1) is 7.65. The highest BCUT2D eigenvalue weighted by molar-refractivity contribution is 5.72. The SMILES string of the molecule is COC(=O)Cc1cc(C)cc(CCC=O)c1. The van der Waals surface area contributed by atoms with Crippen LogP contribution in [0.4, 0.5) is 0 Å². The largest absolute Gasteiger partial charge is 0.469 e. The number of esters is 1. The van der Waals surface area contributed by atoms with Crippen molar-refractivity contribution in [2.75, 3.05) is 7.11 Å². The van der Waals surface area contributed by atoms with E-state index < -0.39 is 0 Å². The average Bonchev–Trinajstić information content (AvgIpc) is 2.25. The van der Waals surface area contributed by atoms with Crippen molar-refractivity contribution in [3.8, 4) is 0 Å². The van der Waals surface area contributed by atoms with Crippen molar-refractivity contribution in [2.24, 2.45) is 0 Å². The Hall–Kier alpha value is -1.64. The molecule has 16 heavy (non-hydrogen) atoms. The van der Waals surface area contributed by atoms with E-state index in [1.165, 1.54) is 7.11 Å². The lowest BCUT2D eigenvalue weighted by molar-refractivity contribution is -0.139. The van der Waals surface area contributed by atoms with Crippen LogP contribution in [0.15, 0.2) is 18.2 Å². The highest BCUT2D eigenvalue weighted by Crippen LogP contribution is 2.12. The Morgan fingerprint density at radius 1 is 1.31 bits per heavy atom. The van der Waals surface area contributed by atoms with Crippen molar-refractivity contribution >= 4 is 12.3 Å². The quantitative estimate of drug-likeness (QED) is 0.561. The minimum absolute atomic E-state index is 0.244. The van der Waals surface area contributed by atoms with Crippen molar-refractivity contribution in [3.63, 3.8) is 0 Å². The second-order valence-electron chi connectivity index (χ2n) is 3.79. The van der Waals surface area contributed by atoms with Crippen molar-refractivity contribution in [1.82, 2.24) is 0 Å². The Kier molecular flexibility index (Phi) is 4.70. The van der Waals surface area contributed by atoms with Gasteiger partial charge in [-0.1, -0.05) is 23.8 Å². The van der Waals surface area contributed by atoms with Gasteiger partial charge in [0.2, 0.25) is 0 Å². The molecule has 0 spiro atoms. The Morgan fingerprint density at radius 3 is 2.62 bits per heavy atom. The molecule has 0 bridgehead atoms. The summed E-state index contributed by atoms with van der Waals surface area (Å²) in [6.45, 7) is 1.98. The molecule has 0 N–H and O–H groups in total. The van der Waals surface area contributed by atoms with Gasteiger partial charge in [-0.2, -0.15) is 0 Å². The van der Waals surface area contributed by atoms with E-state index >= 15 is 0 Å². The zero-order valence-electron chi connectivity index (χ0n) is 9.66. The molecule has 0 radical (unpaired) electrons. The number of hydrogen-bond acceptors (Lipinski definition) is 3. The summed E-state index contributed by atoms with van der Waals surface area (Å²) in [5, 5.41) is 0. The Balaban J connectivity index is 2.80. The van der Waals surface area contributed by atoms with E-state index in [1.807, 2.05) is 25.1 Å². The van der Waals surface area contributed by atoms with Gasteiger partial charge in [0, 0.05) is 6.42 Å². The molecule has 0 saturated heterocycles. The van der Waals surface area contributed by atoms with Crippen molar-refractivity contribution in [3.05, 3.63) is 34.9 Å². The molecule has 3 heteroatoms. The van der Waals surface area contributed by atoms with Gasteiger partial charge in [-0.25, -0.2) is 0 Å². The maximum Gasteiger partial charge on any atom is 0.309 e. The lowest BCUT2D eigenvalue weighted by atomic mass is 10.0. The van der Waals surface area contributed by atoms with Crippen molar-refractivity contribution in [1.29, 1.82) is 0 Å². The maximum atomic E-state index is 11.1. The zero-order valence-corrected chi connectivity index (χ0v) is 9.66. The maximum absolute atomic E-state index is 11.1. The first-order valence-electron chi connectivity index (χ1n) is 5.25. The number of benzene rings is 1. The van der Waals surface area contributed by atoms with Crippen LogP contribution >= 0.6 is 0 Å². The van der Waals surface area contributed by atoms with E-state index in [9.17, 15) is 9.59 Å². The summed E-state index contributed by atoms with van der Waals surface area (Å²) in [5.41, 5.74) is 3.13. The summed E-state index contributed by atoms with van der Waals surface area (Å²) in [7, 11) is 1.38. The van der Waals surface area contributed by atoms with Crippen LogP contribution in [0.25, 0.3) is 0 Å². The number of rotatable bonds is 5. The second-order valence-corrected chi connectivity index (χ2v) is 3.79. The minimum atomic E-state index is -0.244. The van der Waals surface area contributed by atoms with Crippen molar-refractivity contribution in [2.45, 2.75) is 26.2 Å². The van der Waals surface area contributed by atoms with Crippen LogP contribution in [-0.4, -0.2) is 19.4 Å². The minimum Gasteiger partial charge on any atom is -0.469 e. The van der Waals surface area contributed by atoms with Crippen LogP contribution < -0.4 is 0 Å². The summed E-state index contributed by atoms with van der Waals surface area (Å²) in [4.78, 5) is 21.4. The molecule has 0 unspecified atom stereocenters. The Bertz CT molecular complexity index is 383. The number of aldehydes is 1.